The molecule has 0 spiro atoms. The van der Waals surface area contributed by atoms with Gasteiger partial charge in [0.25, 0.3) is 0 Å². The molecule has 0 aromatic heterocycles. The maximum absolute atomic E-state index is 12.1. The van der Waals surface area contributed by atoms with Crippen molar-refractivity contribution < 1.29 is 8.42 Å². The van der Waals surface area contributed by atoms with Crippen LogP contribution in [0, 0.1) is 0 Å². The predicted molar refractivity (Wildman–Crippen MR) is 73.8 cm³/mol. The van der Waals surface area contributed by atoms with Crippen LogP contribution in [-0.2, 0) is 10.0 Å². The Labute approximate surface area is 116 Å². The molecule has 1 rings (SSSR count). The van der Waals surface area contributed by atoms with Crippen molar-refractivity contribution in [2.75, 3.05) is 0 Å². The van der Waals surface area contributed by atoms with Gasteiger partial charge >= 0.3 is 0 Å². The number of halogens is 2. The molecule has 17 heavy (non-hydrogen) atoms. The van der Waals surface area contributed by atoms with Crippen LogP contribution >= 0.6 is 27.5 Å². The van der Waals surface area contributed by atoms with Crippen molar-refractivity contribution in [2.45, 2.75) is 37.6 Å². The summed E-state index contributed by atoms with van der Waals surface area (Å²) in [5.74, 6) is 0. The van der Waals surface area contributed by atoms with Gasteiger partial charge in [-0.2, -0.15) is 0 Å². The predicted octanol–water partition coefficient (Wildman–Crippen LogP) is 3.57. The van der Waals surface area contributed by atoms with Crippen LogP contribution in [0.3, 0.4) is 0 Å². The minimum Gasteiger partial charge on any atom is -0.207 e. The average Bonchev–Trinajstić information content (AvgIpc) is 2.20. The molecule has 3 nitrogen and oxygen atoms in total. The van der Waals surface area contributed by atoms with Crippen molar-refractivity contribution in [1.82, 2.24) is 4.72 Å². The van der Waals surface area contributed by atoms with Crippen LogP contribution in [0.4, 0.5) is 0 Å². The molecule has 0 saturated carbocycles. The SMILES string of the molecule is CCC(C)(C)NS(=O)(=O)c1ccc(Cl)c(Br)c1. The van der Waals surface area contributed by atoms with E-state index in [1.807, 2.05) is 20.8 Å². The lowest BCUT2D eigenvalue weighted by molar-refractivity contribution is 0.439. The first-order valence-corrected chi connectivity index (χ1v) is 7.82. The largest absolute Gasteiger partial charge is 0.241 e. The highest BCUT2D eigenvalue weighted by Gasteiger charge is 2.24. The molecule has 0 fully saturated rings. The first-order chi connectivity index (χ1) is 7.68. The monoisotopic (exact) mass is 339 g/mol. The fraction of sp³-hybridized carbons (Fsp3) is 0.455. The van der Waals surface area contributed by atoms with E-state index < -0.39 is 15.6 Å². The number of sulfonamides is 1. The van der Waals surface area contributed by atoms with Gasteiger partial charge in [-0.1, -0.05) is 18.5 Å². The third-order valence-electron chi connectivity index (χ3n) is 2.50. The first-order valence-electron chi connectivity index (χ1n) is 5.17. The summed E-state index contributed by atoms with van der Waals surface area (Å²) in [5.41, 5.74) is -0.467. The van der Waals surface area contributed by atoms with Gasteiger partial charge in [0.1, 0.15) is 0 Å². The Morgan fingerprint density at radius 1 is 1.41 bits per heavy atom. The molecule has 1 N–H and O–H groups in total. The topological polar surface area (TPSA) is 46.2 Å². The molecule has 0 aliphatic carbocycles. The van der Waals surface area contributed by atoms with Gasteiger partial charge in [0, 0.05) is 10.0 Å². The van der Waals surface area contributed by atoms with Crippen LogP contribution < -0.4 is 4.72 Å². The van der Waals surface area contributed by atoms with Gasteiger partial charge < -0.3 is 0 Å². The van der Waals surface area contributed by atoms with E-state index in [2.05, 4.69) is 20.7 Å². The van der Waals surface area contributed by atoms with E-state index in [1.165, 1.54) is 12.1 Å². The van der Waals surface area contributed by atoms with Gasteiger partial charge in [-0.3, -0.25) is 0 Å². The molecular formula is C11H15BrClNO2S. The number of rotatable bonds is 4. The minimum absolute atomic E-state index is 0.204. The molecule has 0 unspecified atom stereocenters. The lowest BCUT2D eigenvalue weighted by Crippen LogP contribution is -2.42. The number of hydrogen-bond donors (Lipinski definition) is 1. The van der Waals surface area contributed by atoms with Gasteiger partial charge in [-0.25, -0.2) is 13.1 Å². The molecule has 1 aromatic carbocycles. The summed E-state index contributed by atoms with van der Waals surface area (Å²) in [6.07, 6.45) is 0.709. The summed E-state index contributed by atoms with van der Waals surface area (Å²) in [6.45, 7) is 5.62. The number of nitrogens with one attached hydrogen (secondary N) is 1. The lowest BCUT2D eigenvalue weighted by atomic mass is 10.0. The Bertz CT molecular complexity index is 514. The summed E-state index contributed by atoms with van der Waals surface area (Å²) in [7, 11) is -3.51. The molecule has 0 radical (unpaired) electrons. The minimum atomic E-state index is -3.51. The fourth-order valence-corrected chi connectivity index (χ4v) is 3.30. The molecule has 0 aliphatic rings. The summed E-state index contributed by atoms with van der Waals surface area (Å²) in [4.78, 5) is 0.204. The molecule has 0 saturated heterocycles. The zero-order valence-corrected chi connectivity index (χ0v) is 13.1. The maximum atomic E-state index is 12.1. The molecule has 0 bridgehead atoms. The van der Waals surface area contributed by atoms with Gasteiger partial charge in [0.2, 0.25) is 10.0 Å². The van der Waals surface area contributed by atoms with Gasteiger partial charge in [0.05, 0.1) is 9.92 Å². The third kappa shape index (κ3) is 3.95. The van der Waals surface area contributed by atoms with E-state index >= 15 is 0 Å². The van der Waals surface area contributed by atoms with Gasteiger partial charge in [-0.15, -0.1) is 0 Å². The summed E-state index contributed by atoms with van der Waals surface area (Å²) in [5, 5.41) is 0.485. The molecule has 0 heterocycles. The molecule has 0 aliphatic heterocycles. The highest BCUT2D eigenvalue weighted by atomic mass is 79.9. The molecule has 96 valence electrons. The van der Waals surface area contributed by atoms with E-state index in [1.54, 1.807) is 6.07 Å². The van der Waals surface area contributed by atoms with Crippen molar-refractivity contribution in [3.63, 3.8) is 0 Å². The van der Waals surface area contributed by atoms with E-state index in [0.717, 1.165) is 0 Å². The van der Waals surface area contributed by atoms with Gasteiger partial charge in [-0.05, 0) is 54.4 Å². The van der Waals surface area contributed by atoms with Crippen molar-refractivity contribution in [3.8, 4) is 0 Å². The number of hydrogen-bond acceptors (Lipinski definition) is 2. The Balaban J connectivity index is 3.10. The summed E-state index contributed by atoms with van der Waals surface area (Å²) in [6, 6.07) is 4.54. The Morgan fingerprint density at radius 2 is 2.00 bits per heavy atom. The Morgan fingerprint density at radius 3 is 2.47 bits per heavy atom. The molecule has 1 aromatic rings. The van der Waals surface area contributed by atoms with Crippen LogP contribution in [0.2, 0.25) is 5.02 Å². The van der Waals surface area contributed by atoms with Crippen LogP contribution in [-0.4, -0.2) is 14.0 Å². The van der Waals surface area contributed by atoms with Gasteiger partial charge in [0.15, 0.2) is 0 Å². The van der Waals surface area contributed by atoms with Crippen molar-refractivity contribution in [2.24, 2.45) is 0 Å². The normalized spacial score (nSPS) is 12.8. The smallest absolute Gasteiger partial charge is 0.207 e. The zero-order valence-electron chi connectivity index (χ0n) is 9.92. The van der Waals surface area contributed by atoms with Crippen molar-refractivity contribution in [1.29, 1.82) is 0 Å². The number of benzene rings is 1. The fourth-order valence-electron chi connectivity index (χ4n) is 1.14. The highest BCUT2D eigenvalue weighted by Crippen LogP contribution is 2.26. The molecule has 0 amide bonds. The summed E-state index contributed by atoms with van der Waals surface area (Å²) >= 11 is 9.04. The zero-order chi connectivity index (χ0) is 13.3. The maximum Gasteiger partial charge on any atom is 0.241 e. The van der Waals surface area contributed by atoms with E-state index in [0.29, 0.717) is 15.9 Å². The van der Waals surface area contributed by atoms with E-state index in [-0.39, 0.29) is 4.90 Å². The van der Waals surface area contributed by atoms with E-state index in [4.69, 9.17) is 11.6 Å². The second-order valence-electron chi connectivity index (χ2n) is 4.42. The average molecular weight is 341 g/mol. The first kappa shape index (κ1) is 15.0. The summed E-state index contributed by atoms with van der Waals surface area (Å²) < 4.78 is 27.4. The van der Waals surface area contributed by atoms with Crippen LogP contribution in [0.1, 0.15) is 27.2 Å². The van der Waals surface area contributed by atoms with E-state index in [9.17, 15) is 8.42 Å². The molecule has 0 atom stereocenters. The van der Waals surface area contributed by atoms with Crippen molar-refractivity contribution in [3.05, 3.63) is 27.7 Å². The van der Waals surface area contributed by atoms with Crippen LogP contribution in [0.5, 0.6) is 0 Å². The Kier molecular flexibility index (Phi) is 4.63. The second-order valence-corrected chi connectivity index (χ2v) is 7.36. The Hall–Kier alpha value is -0.100. The standard InChI is InChI=1S/C11H15BrClNO2S/c1-4-11(2,3)14-17(15,16)8-5-6-10(13)9(12)7-8/h5-7,14H,4H2,1-3H3. The lowest BCUT2D eigenvalue weighted by Gasteiger charge is -2.24. The van der Waals surface area contributed by atoms with Crippen LogP contribution in [0.25, 0.3) is 0 Å². The molecular weight excluding hydrogens is 326 g/mol. The van der Waals surface area contributed by atoms with Crippen molar-refractivity contribution >= 4 is 37.6 Å². The van der Waals surface area contributed by atoms with Crippen LogP contribution in [0.15, 0.2) is 27.6 Å². The molecule has 6 heteroatoms. The third-order valence-corrected chi connectivity index (χ3v) is 5.41. The quantitative estimate of drug-likeness (QED) is 0.911. The second kappa shape index (κ2) is 5.26. The highest BCUT2D eigenvalue weighted by molar-refractivity contribution is 9.10.